The third-order valence-electron chi connectivity index (χ3n) is 4.67. The quantitative estimate of drug-likeness (QED) is 0.649. The summed E-state index contributed by atoms with van der Waals surface area (Å²) < 4.78 is 26.8. The number of nitrogens with zero attached hydrogens (tertiary/aromatic N) is 3. The highest BCUT2D eigenvalue weighted by Crippen LogP contribution is 2.39. The fraction of sp³-hybridized carbons (Fsp3) is 0.250. The molecule has 0 aliphatic carbocycles. The van der Waals surface area contributed by atoms with Crippen molar-refractivity contribution in [3.8, 4) is 0 Å². The molecule has 2 heterocycles. The number of anilines is 1. The van der Waals surface area contributed by atoms with E-state index in [1.165, 1.54) is 18.2 Å². The number of aromatic amines is 1. The van der Waals surface area contributed by atoms with Gasteiger partial charge in [0.1, 0.15) is 0 Å². The van der Waals surface area contributed by atoms with Gasteiger partial charge >= 0.3 is 0 Å². The van der Waals surface area contributed by atoms with Gasteiger partial charge in [-0.15, -0.1) is 3.71 Å². The maximum atomic E-state index is 12.6. The summed E-state index contributed by atoms with van der Waals surface area (Å²) in [5.41, 5.74) is 3.07. The van der Waals surface area contributed by atoms with E-state index in [2.05, 4.69) is 14.9 Å². The Hall–Kier alpha value is -2.29. The van der Waals surface area contributed by atoms with Gasteiger partial charge in [0, 0.05) is 17.6 Å². The number of para-hydroxylation sites is 1. The number of nitrogens with one attached hydrogen (secondary N) is 1. The molecule has 4 rings (SSSR count). The van der Waals surface area contributed by atoms with Crippen LogP contribution >= 0.6 is 11.9 Å². The molecule has 2 aromatic carbocycles. The molecule has 1 aromatic heterocycles. The van der Waals surface area contributed by atoms with Crippen LogP contribution in [0.4, 0.5) is 5.69 Å². The summed E-state index contributed by atoms with van der Waals surface area (Å²) in [5, 5.41) is 0. The molecule has 1 atom stereocenters. The van der Waals surface area contributed by atoms with Crippen molar-refractivity contribution >= 4 is 27.7 Å². The zero-order valence-corrected chi connectivity index (χ0v) is 17.2. The maximum Gasteiger partial charge on any atom is 0.221 e. The number of benzene rings is 2. The summed E-state index contributed by atoms with van der Waals surface area (Å²) in [6.45, 7) is 1.20. The van der Waals surface area contributed by atoms with E-state index >= 15 is 0 Å². The minimum Gasteiger partial charge on any atom is -0.363 e. The summed E-state index contributed by atoms with van der Waals surface area (Å²) in [6.07, 6.45) is 5.47. The fourth-order valence-electron chi connectivity index (χ4n) is 3.47. The van der Waals surface area contributed by atoms with Crippen molar-refractivity contribution in [2.75, 3.05) is 17.7 Å². The van der Waals surface area contributed by atoms with Crippen LogP contribution in [-0.2, 0) is 23.0 Å². The number of fused-ring (bicyclic) bond motifs is 1. The first-order valence-electron chi connectivity index (χ1n) is 9.03. The number of hydrogen-bond acceptors (Lipinski definition) is 5. The summed E-state index contributed by atoms with van der Waals surface area (Å²) in [6, 6.07) is 17.8. The SMILES string of the molecule is CS(=O)(=O)N1Sc2ccccc2N(Cc2c[nH]cn2)CC1Cc1ccccc1. The Kier molecular flexibility index (Phi) is 5.43. The molecule has 0 amide bonds. The zero-order valence-electron chi connectivity index (χ0n) is 15.5. The predicted molar refractivity (Wildman–Crippen MR) is 113 cm³/mol. The van der Waals surface area contributed by atoms with Crippen LogP contribution in [0.3, 0.4) is 0 Å². The lowest BCUT2D eigenvalue weighted by atomic mass is 10.1. The van der Waals surface area contributed by atoms with Crippen molar-refractivity contribution in [1.82, 2.24) is 13.7 Å². The number of H-pyrrole nitrogens is 1. The summed E-state index contributed by atoms with van der Waals surface area (Å²) in [7, 11) is -3.40. The molecule has 1 aliphatic heterocycles. The van der Waals surface area contributed by atoms with E-state index in [1.807, 2.05) is 60.8 Å². The lowest BCUT2D eigenvalue weighted by molar-refractivity contribution is 0.454. The van der Waals surface area contributed by atoms with Crippen LogP contribution in [0.15, 0.2) is 72.0 Å². The van der Waals surface area contributed by atoms with Gasteiger partial charge in [-0.25, -0.2) is 13.4 Å². The van der Waals surface area contributed by atoms with Crippen molar-refractivity contribution in [3.63, 3.8) is 0 Å². The summed E-state index contributed by atoms with van der Waals surface area (Å²) >= 11 is 1.30. The Morgan fingerprint density at radius 1 is 1.14 bits per heavy atom. The number of hydrogen-bond donors (Lipinski definition) is 1. The topological polar surface area (TPSA) is 69.3 Å². The Balaban J connectivity index is 1.73. The molecule has 146 valence electrons. The van der Waals surface area contributed by atoms with Gasteiger partial charge in [-0.3, -0.25) is 0 Å². The highest BCUT2D eigenvalue weighted by atomic mass is 32.3. The largest absolute Gasteiger partial charge is 0.363 e. The molecule has 0 spiro atoms. The zero-order chi connectivity index (χ0) is 19.6. The first-order valence-corrected chi connectivity index (χ1v) is 11.7. The monoisotopic (exact) mass is 414 g/mol. The van der Waals surface area contributed by atoms with Gasteiger partial charge in [0.05, 0.1) is 36.6 Å². The van der Waals surface area contributed by atoms with E-state index in [0.717, 1.165) is 21.8 Å². The lowest BCUT2D eigenvalue weighted by Gasteiger charge is -2.30. The maximum absolute atomic E-state index is 12.6. The van der Waals surface area contributed by atoms with Crippen LogP contribution in [-0.4, -0.2) is 40.9 Å². The Morgan fingerprint density at radius 2 is 1.89 bits per heavy atom. The van der Waals surface area contributed by atoms with E-state index in [0.29, 0.717) is 19.5 Å². The Labute approximate surface area is 169 Å². The normalized spacial score (nSPS) is 17.9. The molecule has 0 saturated heterocycles. The van der Waals surface area contributed by atoms with Crippen LogP contribution in [0.5, 0.6) is 0 Å². The molecule has 0 fully saturated rings. The average molecular weight is 415 g/mol. The van der Waals surface area contributed by atoms with Crippen molar-refractivity contribution in [1.29, 1.82) is 0 Å². The molecule has 0 radical (unpaired) electrons. The molecule has 0 bridgehead atoms. The van der Waals surface area contributed by atoms with Gasteiger partial charge in [0.15, 0.2) is 0 Å². The van der Waals surface area contributed by atoms with Gasteiger partial charge in [-0.1, -0.05) is 42.5 Å². The fourth-order valence-corrected chi connectivity index (χ4v) is 5.85. The summed E-state index contributed by atoms with van der Waals surface area (Å²) in [4.78, 5) is 10.5. The number of aromatic nitrogens is 2. The van der Waals surface area contributed by atoms with Gasteiger partial charge in [0.2, 0.25) is 10.0 Å². The molecular formula is C20H22N4O2S2. The second kappa shape index (κ2) is 7.98. The molecule has 6 nitrogen and oxygen atoms in total. The van der Waals surface area contributed by atoms with E-state index in [9.17, 15) is 8.42 Å². The van der Waals surface area contributed by atoms with Gasteiger partial charge in [-0.2, -0.15) is 0 Å². The van der Waals surface area contributed by atoms with Crippen molar-refractivity contribution in [2.24, 2.45) is 0 Å². The first-order chi connectivity index (χ1) is 13.5. The van der Waals surface area contributed by atoms with Gasteiger partial charge in [-0.05, 0) is 36.1 Å². The first kappa shape index (κ1) is 19.0. The number of rotatable bonds is 5. The lowest BCUT2D eigenvalue weighted by Crippen LogP contribution is -2.42. The number of sulfonamides is 1. The number of imidazole rings is 1. The minimum atomic E-state index is -3.40. The van der Waals surface area contributed by atoms with Crippen LogP contribution in [0.2, 0.25) is 0 Å². The minimum absolute atomic E-state index is 0.200. The molecule has 0 saturated carbocycles. The van der Waals surface area contributed by atoms with E-state index in [1.54, 1.807) is 10.0 Å². The van der Waals surface area contributed by atoms with Crippen LogP contribution in [0, 0.1) is 0 Å². The highest BCUT2D eigenvalue weighted by Gasteiger charge is 2.34. The van der Waals surface area contributed by atoms with Crippen LogP contribution < -0.4 is 4.90 Å². The summed E-state index contributed by atoms with van der Waals surface area (Å²) in [5.74, 6) is 0. The van der Waals surface area contributed by atoms with Gasteiger partial charge in [0.25, 0.3) is 0 Å². The van der Waals surface area contributed by atoms with Crippen LogP contribution in [0.25, 0.3) is 0 Å². The Bertz CT molecular complexity index is 1020. The highest BCUT2D eigenvalue weighted by molar-refractivity contribution is 8.08. The molecule has 28 heavy (non-hydrogen) atoms. The molecular weight excluding hydrogens is 392 g/mol. The van der Waals surface area contributed by atoms with E-state index in [4.69, 9.17) is 0 Å². The predicted octanol–water partition coefficient (Wildman–Crippen LogP) is 3.31. The second-order valence-corrected chi connectivity index (χ2v) is 9.97. The van der Waals surface area contributed by atoms with Crippen LogP contribution in [0.1, 0.15) is 11.3 Å². The van der Waals surface area contributed by atoms with E-state index < -0.39 is 10.0 Å². The average Bonchev–Trinajstić information content (AvgIpc) is 3.13. The van der Waals surface area contributed by atoms with Crippen molar-refractivity contribution < 1.29 is 8.42 Å². The Morgan fingerprint density at radius 3 is 2.61 bits per heavy atom. The third-order valence-corrected chi connectivity index (χ3v) is 7.68. The molecule has 1 N–H and O–H groups in total. The second-order valence-electron chi connectivity index (χ2n) is 6.86. The molecule has 1 aliphatic rings. The van der Waals surface area contributed by atoms with Crippen molar-refractivity contribution in [2.45, 2.75) is 23.9 Å². The molecule has 3 aromatic rings. The van der Waals surface area contributed by atoms with Gasteiger partial charge < -0.3 is 9.88 Å². The smallest absolute Gasteiger partial charge is 0.221 e. The van der Waals surface area contributed by atoms with E-state index in [-0.39, 0.29) is 6.04 Å². The standard InChI is InChI=1S/C20H22N4O2S2/c1-28(25,26)24-18(11-16-7-3-2-4-8-16)14-23(13-17-12-21-15-22-17)19-9-5-6-10-20(19)27-24/h2-10,12,15,18H,11,13-14H2,1H3,(H,21,22). The third kappa shape index (κ3) is 4.24. The molecule has 8 heteroatoms. The molecule has 1 unspecified atom stereocenters. The van der Waals surface area contributed by atoms with Crippen molar-refractivity contribution in [3.05, 3.63) is 78.4 Å².